The van der Waals surface area contributed by atoms with Crippen LogP contribution in [-0.2, 0) is 0 Å². The lowest BCUT2D eigenvalue weighted by Gasteiger charge is -2.18. The normalized spacial score (nSPS) is 21.5. The smallest absolute Gasteiger partial charge is 0.0667 e. The Morgan fingerprint density at radius 2 is 2.13 bits per heavy atom. The lowest BCUT2D eigenvalue weighted by Crippen LogP contribution is -2.34. The van der Waals surface area contributed by atoms with Crippen LogP contribution < -0.4 is 5.32 Å². The molecule has 0 aliphatic heterocycles. The second-order valence-electron chi connectivity index (χ2n) is 4.87. The summed E-state index contributed by atoms with van der Waals surface area (Å²) < 4.78 is 0. The molecule has 1 aliphatic rings. The van der Waals surface area contributed by atoms with Gasteiger partial charge in [0.05, 0.1) is 6.10 Å². The highest BCUT2D eigenvalue weighted by atomic mass is 16.3. The molecule has 0 aromatic rings. The zero-order chi connectivity index (χ0) is 11.1. The van der Waals surface area contributed by atoms with Gasteiger partial charge in [-0.3, -0.25) is 0 Å². The number of rotatable bonds is 7. The molecule has 0 saturated heterocycles. The van der Waals surface area contributed by atoms with Crippen molar-refractivity contribution in [3.8, 4) is 0 Å². The van der Waals surface area contributed by atoms with Crippen molar-refractivity contribution >= 4 is 0 Å². The van der Waals surface area contributed by atoms with Gasteiger partial charge in [0.1, 0.15) is 0 Å². The molecule has 1 aliphatic carbocycles. The molecule has 2 heteroatoms. The first-order chi connectivity index (χ1) is 7.22. The molecule has 0 bridgehead atoms. The van der Waals surface area contributed by atoms with Crippen LogP contribution in [0.5, 0.6) is 0 Å². The molecule has 0 aromatic carbocycles. The Kier molecular flexibility index (Phi) is 5.96. The zero-order valence-electron chi connectivity index (χ0n) is 9.91. The summed E-state index contributed by atoms with van der Waals surface area (Å²) in [5.74, 6) is 0.775. The largest absolute Gasteiger partial charge is 0.392 e. The molecular formula is C13H25NO. The number of hydrogen-bond acceptors (Lipinski definition) is 2. The zero-order valence-corrected chi connectivity index (χ0v) is 9.91. The number of aliphatic hydroxyl groups is 1. The van der Waals surface area contributed by atoms with Gasteiger partial charge in [-0.2, -0.15) is 0 Å². The minimum Gasteiger partial charge on any atom is -0.392 e. The molecular weight excluding hydrogens is 186 g/mol. The summed E-state index contributed by atoms with van der Waals surface area (Å²) in [7, 11) is 0. The van der Waals surface area contributed by atoms with E-state index >= 15 is 0 Å². The number of hydrogen-bond donors (Lipinski definition) is 2. The van der Waals surface area contributed by atoms with Crippen molar-refractivity contribution in [1.29, 1.82) is 0 Å². The summed E-state index contributed by atoms with van der Waals surface area (Å²) in [5.41, 5.74) is 0. The molecule has 0 amide bonds. The predicted octanol–water partition coefficient (Wildman–Crippen LogP) is 2.48. The predicted molar refractivity (Wildman–Crippen MR) is 64.9 cm³/mol. The maximum absolute atomic E-state index is 9.84. The third-order valence-electron chi connectivity index (χ3n) is 3.30. The summed E-state index contributed by atoms with van der Waals surface area (Å²) >= 11 is 0. The standard InChI is InChI=1S/C13H25NO/c1-3-6-11(2)14-10-13(15)9-12-7-4-5-8-12/h3,11-15H,1,4-10H2,2H3. The summed E-state index contributed by atoms with van der Waals surface area (Å²) in [6, 6.07) is 0.431. The van der Waals surface area contributed by atoms with Crippen LogP contribution in [0.15, 0.2) is 12.7 Å². The third kappa shape index (κ3) is 5.33. The van der Waals surface area contributed by atoms with Gasteiger partial charge in [0.15, 0.2) is 0 Å². The van der Waals surface area contributed by atoms with Crippen molar-refractivity contribution in [2.45, 2.75) is 57.6 Å². The first-order valence-electron chi connectivity index (χ1n) is 6.24. The van der Waals surface area contributed by atoms with E-state index in [0.29, 0.717) is 6.04 Å². The van der Waals surface area contributed by atoms with Gasteiger partial charge < -0.3 is 10.4 Å². The SMILES string of the molecule is C=CCC(C)NCC(O)CC1CCCC1. The van der Waals surface area contributed by atoms with Crippen molar-refractivity contribution in [2.75, 3.05) is 6.54 Å². The molecule has 0 aromatic heterocycles. The molecule has 1 rings (SSSR count). The molecule has 2 nitrogen and oxygen atoms in total. The van der Waals surface area contributed by atoms with Crippen LogP contribution in [0.4, 0.5) is 0 Å². The van der Waals surface area contributed by atoms with Crippen LogP contribution in [0.2, 0.25) is 0 Å². The molecule has 2 unspecified atom stereocenters. The van der Waals surface area contributed by atoms with Crippen molar-refractivity contribution in [1.82, 2.24) is 5.32 Å². The van der Waals surface area contributed by atoms with Crippen molar-refractivity contribution < 1.29 is 5.11 Å². The molecule has 88 valence electrons. The molecule has 0 spiro atoms. The summed E-state index contributed by atoms with van der Waals surface area (Å²) in [4.78, 5) is 0. The van der Waals surface area contributed by atoms with E-state index in [9.17, 15) is 5.11 Å². The number of aliphatic hydroxyl groups excluding tert-OH is 1. The van der Waals surface area contributed by atoms with Crippen LogP contribution in [0.1, 0.15) is 45.4 Å². The summed E-state index contributed by atoms with van der Waals surface area (Å²) in [5, 5.41) is 13.2. The van der Waals surface area contributed by atoms with E-state index in [1.165, 1.54) is 25.7 Å². The van der Waals surface area contributed by atoms with Crippen molar-refractivity contribution in [3.63, 3.8) is 0 Å². The van der Waals surface area contributed by atoms with Crippen molar-refractivity contribution in [2.24, 2.45) is 5.92 Å². The van der Waals surface area contributed by atoms with E-state index < -0.39 is 0 Å². The highest BCUT2D eigenvalue weighted by molar-refractivity contribution is 4.77. The van der Waals surface area contributed by atoms with Gasteiger partial charge in [0.2, 0.25) is 0 Å². The van der Waals surface area contributed by atoms with E-state index in [0.717, 1.165) is 25.3 Å². The minimum absolute atomic E-state index is 0.166. The van der Waals surface area contributed by atoms with E-state index in [2.05, 4.69) is 18.8 Å². The van der Waals surface area contributed by atoms with Gasteiger partial charge in [-0.1, -0.05) is 31.8 Å². The maximum atomic E-state index is 9.84. The Labute approximate surface area is 93.8 Å². The lowest BCUT2D eigenvalue weighted by atomic mass is 10.00. The van der Waals surface area contributed by atoms with E-state index in [1.54, 1.807) is 0 Å². The van der Waals surface area contributed by atoms with Crippen molar-refractivity contribution in [3.05, 3.63) is 12.7 Å². The molecule has 0 radical (unpaired) electrons. The van der Waals surface area contributed by atoms with Crippen LogP contribution in [0, 0.1) is 5.92 Å². The molecule has 1 fully saturated rings. The first kappa shape index (κ1) is 12.7. The van der Waals surface area contributed by atoms with E-state index in [-0.39, 0.29) is 6.10 Å². The Morgan fingerprint density at radius 3 is 2.73 bits per heavy atom. The molecule has 2 atom stereocenters. The average molecular weight is 211 g/mol. The van der Waals surface area contributed by atoms with E-state index in [4.69, 9.17) is 0 Å². The summed E-state index contributed by atoms with van der Waals surface area (Å²) in [6.45, 7) is 6.57. The lowest BCUT2D eigenvalue weighted by molar-refractivity contribution is 0.137. The Morgan fingerprint density at radius 1 is 1.47 bits per heavy atom. The Balaban J connectivity index is 2.06. The summed E-state index contributed by atoms with van der Waals surface area (Å²) in [6.07, 6.45) is 9.05. The van der Waals surface area contributed by atoms with Crippen LogP contribution >= 0.6 is 0 Å². The highest BCUT2D eigenvalue weighted by Gasteiger charge is 2.18. The van der Waals surface area contributed by atoms with Gasteiger partial charge in [0, 0.05) is 12.6 Å². The van der Waals surface area contributed by atoms with Crippen LogP contribution in [0.25, 0.3) is 0 Å². The van der Waals surface area contributed by atoms with Gasteiger partial charge in [-0.15, -0.1) is 6.58 Å². The Hall–Kier alpha value is -0.340. The molecule has 2 N–H and O–H groups in total. The average Bonchev–Trinajstić information content (AvgIpc) is 2.68. The first-order valence-corrected chi connectivity index (χ1v) is 6.24. The van der Waals surface area contributed by atoms with Gasteiger partial charge in [0.25, 0.3) is 0 Å². The highest BCUT2D eigenvalue weighted by Crippen LogP contribution is 2.28. The second-order valence-corrected chi connectivity index (χ2v) is 4.87. The number of nitrogens with one attached hydrogen (secondary N) is 1. The van der Waals surface area contributed by atoms with Gasteiger partial charge in [-0.05, 0) is 25.7 Å². The van der Waals surface area contributed by atoms with Crippen LogP contribution in [0.3, 0.4) is 0 Å². The van der Waals surface area contributed by atoms with Gasteiger partial charge >= 0.3 is 0 Å². The third-order valence-corrected chi connectivity index (χ3v) is 3.30. The topological polar surface area (TPSA) is 32.3 Å². The fourth-order valence-electron chi connectivity index (χ4n) is 2.38. The minimum atomic E-state index is -0.166. The molecule has 15 heavy (non-hydrogen) atoms. The molecule has 1 saturated carbocycles. The maximum Gasteiger partial charge on any atom is 0.0667 e. The Bertz CT molecular complexity index is 175. The fraction of sp³-hybridized carbons (Fsp3) is 0.846. The van der Waals surface area contributed by atoms with E-state index in [1.807, 2.05) is 6.08 Å². The molecule has 0 heterocycles. The second kappa shape index (κ2) is 7.02. The van der Waals surface area contributed by atoms with Crippen LogP contribution in [-0.4, -0.2) is 23.8 Å². The monoisotopic (exact) mass is 211 g/mol. The van der Waals surface area contributed by atoms with Gasteiger partial charge in [-0.25, -0.2) is 0 Å². The quantitative estimate of drug-likeness (QED) is 0.634. The fourth-order valence-corrected chi connectivity index (χ4v) is 2.38.